The molecule has 14 heavy (non-hydrogen) atoms. The lowest BCUT2D eigenvalue weighted by atomic mass is 10.1. The van der Waals surface area contributed by atoms with Crippen LogP contribution in [0, 0.1) is 18.2 Å². The molecule has 0 heterocycles. The average Bonchev–Trinajstić information content (AvgIpc) is 2.21. The van der Waals surface area contributed by atoms with Crippen LogP contribution in [0.2, 0.25) is 0 Å². The van der Waals surface area contributed by atoms with E-state index in [2.05, 4.69) is 5.92 Å². The first kappa shape index (κ1) is 10.5. The van der Waals surface area contributed by atoms with Crippen LogP contribution in [0.1, 0.15) is 12.0 Å². The van der Waals surface area contributed by atoms with Crippen LogP contribution >= 0.6 is 0 Å². The second-order valence-electron chi connectivity index (χ2n) is 2.78. The van der Waals surface area contributed by atoms with Gasteiger partial charge in [0.25, 0.3) is 0 Å². The maximum absolute atomic E-state index is 12.6. The van der Waals surface area contributed by atoms with Gasteiger partial charge in [-0.05, 0) is 24.1 Å². The van der Waals surface area contributed by atoms with E-state index < -0.39 is 0 Å². The van der Waals surface area contributed by atoms with Crippen molar-refractivity contribution < 1.29 is 9.50 Å². The maximum Gasteiger partial charge on any atom is 0.123 e. The van der Waals surface area contributed by atoms with Gasteiger partial charge in [0.2, 0.25) is 0 Å². The lowest BCUT2D eigenvalue weighted by molar-refractivity contribution is 0.303. The van der Waals surface area contributed by atoms with Gasteiger partial charge in [0.1, 0.15) is 5.82 Å². The van der Waals surface area contributed by atoms with Crippen LogP contribution in [-0.4, -0.2) is 11.7 Å². The zero-order chi connectivity index (χ0) is 10.4. The smallest absolute Gasteiger partial charge is 0.123 e. The third kappa shape index (κ3) is 2.72. The Morgan fingerprint density at radius 1 is 1.43 bits per heavy atom. The third-order valence-electron chi connectivity index (χ3n) is 1.79. The number of allylic oxidation sites excluding steroid dienone is 1. The van der Waals surface area contributed by atoms with Gasteiger partial charge in [0.15, 0.2) is 0 Å². The van der Waals surface area contributed by atoms with E-state index in [9.17, 15) is 4.39 Å². The summed E-state index contributed by atoms with van der Waals surface area (Å²) in [7, 11) is 0. The quantitative estimate of drug-likeness (QED) is 0.724. The molecule has 0 radical (unpaired) electrons. The first-order valence-electron chi connectivity index (χ1n) is 4.31. The number of aliphatic hydroxyl groups is 1. The van der Waals surface area contributed by atoms with Crippen molar-refractivity contribution in [1.82, 2.24) is 0 Å². The van der Waals surface area contributed by atoms with Gasteiger partial charge < -0.3 is 5.11 Å². The summed E-state index contributed by atoms with van der Waals surface area (Å²) in [6.07, 6.45) is 7.56. The van der Waals surface area contributed by atoms with Crippen LogP contribution in [0.5, 0.6) is 0 Å². The molecular weight excluding hydrogens is 179 g/mol. The Bertz CT molecular complexity index is 357. The summed E-state index contributed by atoms with van der Waals surface area (Å²) in [6.45, 7) is 0.0619. The van der Waals surface area contributed by atoms with E-state index in [1.807, 2.05) is 0 Å². The van der Waals surface area contributed by atoms with Crippen molar-refractivity contribution in [2.24, 2.45) is 0 Å². The number of hydrogen-bond donors (Lipinski definition) is 1. The predicted molar refractivity (Wildman–Crippen MR) is 54.9 cm³/mol. The molecule has 0 unspecified atom stereocenters. The number of aliphatic hydroxyl groups excluding tert-OH is 1. The van der Waals surface area contributed by atoms with E-state index in [4.69, 9.17) is 11.5 Å². The molecule has 72 valence electrons. The molecule has 0 spiro atoms. The molecule has 0 saturated heterocycles. The molecule has 0 atom stereocenters. The highest BCUT2D eigenvalue weighted by molar-refractivity contribution is 5.78. The van der Waals surface area contributed by atoms with Crippen LogP contribution in [-0.2, 0) is 0 Å². The fraction of sp³-hybridized carbons (Fsp3) is 0.167. The van der Waals surface area contributed by atoms with Crippen molar-refractivity contribution in [3.8, 4) is 12.3 Å². The zero-order valence-corrected chi connectivity index (χ0v) is 7.70. The summed E-state index contributed by atoms with van der Waals surface area (Å²) < 4.78 is 12.6. The monoisotopic (exact) mass is 190 g/mol. The van der Waals surface area contributed by atoms with Gasteiger partial charge >= 0.3 is 0 Å². The molecule has 0 saturated carbocycles. The minimum Gasteiger partial charge on any atom is -0.396 e. The number of halogens is 1. The molecule has 1 nitrogen and oxygen atoms in total. The summed E-state index contributed by atoms with van der Waals surface area (Å²) in [6, 6.07) is 5.97. The van der Waals surface area contributed by atoms with Crippen LogP contribution in [0.25, 0.3) is 5.57 Å². The predicted octanol–water partition coefficient (Wildman–Crippen LogP) is 2.22. The summed E-state index contributed by atoms with van der Waals surface area (Å²) in [5.41, 5.74) is 1.47. The molecule has 2 heteroatoms. The molecule has 0 aliphatic rings. The fourth-order valence-corrected chi connectivity index (χ4v) is 1.10. The zero-order valence-electron chi connectivity index (χ0n) is 7.70. The summed E-state index contributed by atoms with van der Waals surface area (Å²) in [5.74, 6) is 2.22. The number of terminal acetylenes is 1. The highest BCUT2D eigenvalue weighted by Gasteiger charge is 1.97. The van der Waals surface area contributed by atoms with Crippen LogP contribution in [0.3, 0.4) is 0 Å². The first-order valence-corrected chi connectivity index (χ1v) is 4.31. The Hall–Kier alpha value is -1.59. The van der Waals surface area contributed by atoms with E-state index in [-0.39, 0.29) is 12.4 Å². The Kier molecular flexibility index (Phi) is 3.90. The van der Waals surface area contributed by atoms with Crippen molar-refractivity contribution in [2.45, 2.75) is 6.42 Å². The number of rotatable bonds is 3. The molecule has 0 aromatic heterocycles. The van der Waals surface area contributed by atoms with Gasteiger partial charge in [0.05, 0.1) is 0 Å². The maximum atomic E-state index is 12.6. The average molecular weight is 190 g/mol. The third-order valence-corrected chi connectivity index (χ3v) is 1.79. The van der Waals surface area contributed by atoms with E-state index in [0.29, 0.717) is 12.0 Å². The van der Waals surface area contributed by atoms with Crippen molar-refractivity contribution in [1.29, 1.82) is 0 Å². The summed E-state index contributed by atoms with van der Waals surface area (Å²) >= 11 is 0. The largest absolute Gasteiger partial charge is 0.396 e. The van der Waals surface area contributed by atoms with Gasteiger partial charge in [-0.15, -0.1) is 6.42 Å². The molecule has 1 N–H and O–H groups in total. The Morgan fingerprint density at radius 3 is 2.57 bits per heavy atom. The Labute approximate surface area is 82.9 Å². The van der Waals surface area contributed by atoms with Gasteiger partial charge in [-0.1, -0.05) is 24.1 Å². The van der Waals surface area contributed by atoms with E-state index in [1.165, 1.54) is 12.1 Å². The minimum absolute atomic E-state index is 0.0619. The molecule has 0 aliphatic carbocycles. The van der Waals surface area contributed by atoms with Crippen LogP contribution in [0.4, 0.5) is 4.39 Å². The van der Waals surface area contributed by atoms with Crippen molar-refractivity contribution in [3.63, 3.8) is 0 Å². The Balaban J connectivity index is 2.91. The van der Waals surface area contributed by atoms with Gasteiger partial charge in [-0.3, -0.25) is 0 Å². The van der Waals surface area contributed by atoms with Crippen LogP contribution < -0.4 is 0 Å². The number of hydrogen-bond acceptors (Lipinski definition) is 1. The lowest BCUT2D eigenvalue weighted by Crippen LogP contribution is -1.84. The molecule has 0 amide bonds. The normalized spacial score (nSPS) is 11.1. The summed E-state index contributed by atoms with van der Waals surface area (Å²) in [5, 5.41) is 8.63. The minimum atomic E-state index is -0.285. The fourth-order valence-electron chi connectivity index (χ4n) is 1.10. The van der Waals surface area contributed by atoms with E-state index >= 15 is 0 Å². The van der Waals surface area contributed by atoms with Crippen molar-refractivity contribution >= 4 is 5.57 Å². The van der Waals surface area contributed by atoms with Crippen molar-refractivity contribution in [2.75, 3.05) is 6.61 Å². The Morgan fingerprint density at radius 2 is 2.07 bits per heavy atom. The van der Waals surface area contributed by atoms with E-state index in [1.54, 1.807) is 18.2 Å². The lowest BCUT2D eigenvalue weighted by Gasteiger charge is -1.99. The number of benzene rings is 1. The molecule has 1 rings (SSSR count). The SMILES string of the molecule is C#C/C(=C\CCO)c1ccc(F)cc1. The molecule has 0 aliphatic heterocycles. The second-order valence-corrected chi connectivity index (χ2v) is 2.78. The highest BCUT2D eigenvalue weighted by atomic mass is 19.1. The molecule has 1 aromatic rings. The second kappa shape index (κ2) is 5.21. The summed E-state index contributed by atoms with van der Waals surface area (Å²) in [4.78, 5) is 0. The molecule has 0 fully saturated rings. The van der Waals surface area contributed by atoms with Gasteiger partial charge in [-0.25, -0.2) is 4.39 Å². The van der Waals surface area contributed by atoms with Crippen molar-refractivity contribution in [3.05, 3.63) is 41.7 Å². The van der Waals surface area contributed by atoms with Gasteiger partial charge in [-0.2, -0.15) is 0 Å². The topological polar surface area (TPSA) is 20.2 Å². The molecule has 0 bridgehead atoms. The molecule has 1 aromatic carbocycles. The molecular formula is C12H11FO. The van der Waals surface area contributed by atoms with E-state index in [0.717, 1.165) is 5.56 Å². The first-order chi connectivity index (χ1) is 6.77. The standard InChI is InChI=1S/C12H11FO/c1-2-10(4-3-9-14)11-5-7-12(13)8-6-11/h1,4-8,14H,3,9H2/b10-4+. The highest BCUT2D eigenvalue weighted by Crippen LogP contribution is 2.14. The van der Waals surface area contributed by atoms with Crippen LogP contribution in [0.15, 0.2) is 30.3 Å². The van der Waals surface area contributed by atoms with Gasteiger partial charge in [0, 0.05) is 12.2 Å².